The second kappa shape index (κ2) is 28.2. The molecule has 0 spiro atoms. The molecule has 0 unspecified atom stereocenters. The molecule has 0 bridgehead atoms. The van der Waals surface area contributed by atoms with Crippen LogP contribution in [0.1, 0.15) is 16.7 Å². The van der Waals surface area contributed by atoms with E-state index >= 15 is 0 Å². The Hall–Kier alpha value is -16.7. The average molecular weight is 1610 g/mol. The largest absolute Gasteiger partial charge is 0.456 e. The van der Waals surface area contributed by atoms with E-state index in [9.17, 15) is 0 Å². The molecule has 126 heavy (non-hydrogen) atoms. The van der Waals surface area contributed by atoms with Crippen LogP contribution in [0.4, 0.5) is 68.2 Å². The third kappa shape index (κ3) is 11.1. The van der Waals surface area contributed by atoms with Crippen molar-refractivity contribution >= 4 is 242 Å². The summed E-state index contributed by atoms with van der Waals surface area (Å²) in [5.41, 5.74) is 22.3. The maximum Gasteiger partial charge on any atom is 0.138 e. The van der Waals surface area contributed by atoms with E-state index in [1.54, 1.807) is 0 Å². The van der Waals surface area contributed by atoms with E-state index in [1.165, 1.54) is 37.9 Å². The highest BCUT2D eigenvalue weighted by atomic mass is 16.3. The smallest absolute Gasteiger partial charge is 0.138 e. The minimum Gasteiger partial charge on any atom is -0.456 e. The van der Waals surface area contributed by atoms with Gasteiger partial charge < -0.3 is 37.3 Å². The molecule has 0 aliphatic heterocycles. The van der Waals surface area contributed by atoms with Gasteiger partial charge >= 0.3 is 0 Å². The Kier molecular flexibility index (Phi) is 15.9. The second-order valence-corrected chi connectivity index (χ2v) is 33.3. The molecule has 0 radical (unpaired) electrons. The maximum absolute atomic E-state index is 7.55. The van der Waals surface area contributed by atoms with Crippen molar-refractivity contribution in [2.75, 3.05) is 19.6 Å². The molecule has 8 nitrogen and oxygen atoms in total. The average Bonchev–Trinajstić information content (AvgIpc) is 1.52. The van der Waals surface area contributed by atoms with Gasteiger partial charge in [-0.05, 0) is 175 Å². The van der Waals surface area contributed by atoms with Gasteiger partial charge in [0.15, 0.2) is 0 Å². The third-order valence-electron chi connectivity index (χ3n) is 26.2. The summed E-state index contributed by atoms with van der Waals surface area (Å²) in [6.45, 7) is 2.15. The first-order valence-electron chi connectivity index (χ1n) is 43.1. The van der Waals surface area contributed by atoms with Crippen LogP contribution in [0.5, 0.6) is 0 Å². The zero-order chi connectivity index (χ0) is 82.8. The first kappa shape index (κ1) is 71.1. The molecule has 0 atom stereocenters. The summed E-state index contributed by atoms with van der Waals surface area (Å²) in [7, 11) is 0. The molecule has 0 aliphatic rings. The van der Waals surface area contributed by atoms with Gasteiger partial charge in [0.25, 0.3) is 0 Å². The van der Waals surface area contributed by atoms with Gasteiger partial charge in [0, 0.05) is 140 Å². The number of rotatable bonds is 14. The van der Waals surface area contributed by atoms with Crippen LogP contribution in [0.2, 0.25) is 0 Å². The summed E-state index contributed by atoms with van der Waals surface area (Å²) < 4.78 is 28.4. The Morgan fingerprint density at radius 2 is 0.484 bits per heavy atom. The fourth-order valence-corrected chi connectivity index (χ4v) is 20.6. The Morgan fingerprint density at radius 1 is 0.183 bits per heavy atom. The summed E-state index contributed by atoms with van der Waals surface area (Å²) >= 11 is 0. The van der Waals surface area contributed by atoms with E-state index in [1.807, 2.05) is 12.1 Å². The van der Waals surface area contributed by atoms with Crippen LogP contribution in [0.25, 0.3) is 174 Å². The van der Waals surface area contributed by atoms with E-state index in [4.69, 9.17) is 17.7 Å². The van der Waals surface area contributed by atoms with Crippen molar-refractivity contribution in [3.05, 3.63) is 435 Å². The second-order valence-electron chi connectivity index (χ2n) is 33.3. The van der Waals surface area contributed by atoms with Gasteiger partial charge in [-0.15, -0.1) is 0 Å². The van der Waals surface area contributed by atoms with Gasteiger partial charge in [0.05, 0.1) is 34.1 Å². The van der Waals surface area contributed by atoms with E-state index in [0.717, 1.165) is 221 Å². The van der Waals surface area contributed by atoms with Gasteiger partial charge in [-0.3, -0.25) is 0 Å². The topological polar surface area (TPSA) is 65.5 Å². The molecule has 590 valence electrons. The van der Waals surface area contributed by atoms with Crippen LogP contribution in [-0.4, -0.2) is 0 Å². The van der Waals surface area contributed by atoms with Gasteiger partial charge in [-0.2, -0.15) is 0 Å². The Morgan fingerprint density at radius 3 is 0.929 bits per heavy atom. The van der Waals surface area contributed by atoms with Gasteiger partial charge in [-0.1, -0.05) is 297 Å². The number of aryl methyl sites for hydroxylation is 1. The molecule has 4 heterocycles. The van der Waals surface area contributed by atoms with Crippen LogP contribution < -0.4 is 19.6 Å². The van der Waals surface area contributed by atoms with Crippen LogP contribution in [0.15, 0.2) is 436 Å². The summed E-state index contributed by atoms with van der Waals surface area (Å²) in [5, 5.41) is 26.8. The third-order valence-corrected chi connectivity index (χ3v) is 26.2. The molecule has 0 amide bonds. The molecule has 0 N–H and O–H groups in total. The minimum absolute atomic E-state index is 0.630. The molecular weight excluding hydrogens is 1540 g/mol. The van der Waals surface area contributed by atoms with E-state index in [-0.39, 0.29) is 0 Å². The van der Waals surface area contributed by atoms with Crippen molar-refractivity contribution in [1.29, 1.82) is 0 Å². The van der Waals surface area contributed by atoms with Crippen LogP contribution in [0.3, 0.4) is 0 Å². The Balaban J connectivity index is 0.593. The standard InChI is InChI=1S/C118H74N4O4/c1-72-51-55-79(56-52-72)121(101-64-74-27-8-10-34-83(74)85-36-12-14-38-87(85)101)105-70-112-116(96-47-22-18-42-91(96)105)117-97-48-23-19-43-92(97)106(71-113(117)125-112)122(102-65-75-28-9-11-35-84(75)86-37-13-15-39-88(86)102)80-57-53-73(54-58-80)63-76-29-26-49-98-100-67-82(60-62-109(100)126-118(76)98)120(78-32-6-3-7-33-78)104-69-111-115(95-46-21-17-41-90(95)104)114-94-45-20-16-40-89(94)103(68-110(114)124-111)119(77-30-4-2-5-31-77)81-59-61-108-99(66-81)93-44-24-25-50-107(93)123-108/h2-62,64-71H,63H2,1H3. The number of hydrogen-bond acceptors (Lipinski definition) is 8. The number of nitrogens with zero attached hydrogens (tertiary/aromatic N) is 4. The van der Waals surface area contributed by atoms with E-state index < -0.39 is 0 Å². The van der Waals surface area contributed by atoms with Crippen molar-refractivity contribution in [2.45, 2.75) is 13.3 Å². The molecular formula is C118H74N4O4. The highest BCUT2D eigenvalue weighted by molar-refractivity contribution is 6.33. The molecule has 22 aromatic carbocycles. The van der Waals surface area contributed by atoms with Gasteiger partial charge in [0.1, 0.15) is 44.7 Å². The zero-order valence-electron chi connectivity index (χ0n) is 68.5. The highest BCUT2D eigenvalue weighted by Gasteiger charge is 2.30. The number of para-hydroxylation sites is 4. The molecule has 26 aromatic rings. The first-order chi connectivity index (χ1) is 62.4. The molecule has 26 rings (SSSR count). The first-order valence-corrected chi connectivity index (χ1v) is 43.1. The number of fused-ring (bicyclic) bond motifs is 26. The van der Waals surface area contributed by atoms with Crippen molar-refractivity contribution in [2.24, 2.45) is 0 Å². The predicted octanol–water partition coefficient (Wildman–Crippen LogP) is 34.3. The van der Waals surface area contributed by atoms with Gasteiger partial charge in [-0.25, -0.2) is 0 Å². The lowest BCUT2D eigenvalue weighted by Crippen LogP contribution is -2.11. The maximum atomic E-state index is 7.55. The molecule has 0 saturated heterocycles. The minimum atomic E-state index is 0.630. The lowest BCUT2D eigenvalue weighted by molar-refractivity contribution is 0.664. The van der Waals surface area contributed by atoms with Crippen molar-refractivity contribution in [3.8, 4) is 0 Å². The summed E-state index contributed by atoms with van der Waals surface area (Å²) in [6.07, 6.45) is 0.630. The normalized spacial score (nSPS) is 12.0. The molecule has 0 fully saturated rings. The lowest BCUT2D eigenvalue weighted by atomic mass is 9.95. The highest BCUT2D eigenvalue weighted by Crippen LogP contribution is 2.55. The SMILES string of the molecule is Cc1ccc(N(c2cc3ccccc3c3ccccc23)c2cc3oc4cc(N(c5ccc(Cc6cccc7c6oc6ccc(N(c8ccccc8)c8cc9oc%10cc(N(c%11ccccc%11)c%11ccc%12oc%13ccccc%13c%12c%11)c%11ccccc%11c%10c9c9ccccc89)cc67)cc5)c5cc6ccccc6c6ccccc56)c5ccccc5c4c3c3ccccc23)cc1. The quantitative estimate of drug-likeness (QED) is 0.0998. The number of anilines is 12. The molecule has 0 aliphatic carbocycles. The predicted molar refractivity (Wildman–Crippen MR) is 528 cm³/mol. The van der Waals surface area contributed by atoms with Crippen molar-refractivity contribution in [1.82, 2.24) is 0 Å². The molecule has 0 saturated carbocycles. The molecule has 8 heteroatoms. The summed E-state index contributed by atoms with van der Waals surface area (Å²) in [6, 6.07) is 152. The van der Waals surface area contributed by atoms with Crippen LogP contribution >= 0.6 is 0 Å². The Labute approximate surface area is 723 Å². The number of benzene rings is 22. The fourth-order valence-electron chi connectivity index (χ4n) is 20.6. The summed E-state index contributed by atoms with van der Waals surface area (Å²) in [5.74, 6) is 0. The summed E-state index contributed by atoms with van der Waals surface area (Å²) in [4.78, 5) is 9.65. The van der Waals surface area contributed by atoms with Crippen LogP contribution in [0, 0.1) is 6.92 Å². The number of hydrogen-bond donors (Lipinski definition) is 0. The zero-order valence-corrected chi connectivity index (χ0v) is 68.5. The lowest BCUT2D eigenvalue weighted by Gasteiger charge is -2.29. The van der Waals surface area contributed by atoms with Crippen molar-refractivity contribution < 1.29 is 17.7 Å². The monoisotopic (exact) mass is 1610 g/mol. The number of furan rings is 4. The van der Waals surface area contributed by atoms with Crippen molar-refractivity contribution in [3.63, 3.8) is 0 Å². The van der Waals surface area contributed by atoms with E-state index in [2.05, 4.69) is 433 Å². The van der Waals surface area contributed by atoms with E-state index in [0.29, 0.717) is 6.42 Å². The van der Waals surface area contributed by atoms with Crippen LogP contribution in [-0.2, 0) is 6.42 Å². The Bertz CT molecular complexity index is 9000. The molecule has 4 aromatic heterocycles. The van der Waals surface area contributed by atoms with Gasteiger partial charge in [0.2, 0.25) is 0 Å². The fraction of sp³-hybridized carbons (Fsp3) is 0.0169.